The van der Waals surface area contributed by atoms with Crippen LogP contribution in [0.15, 0.2) is 218 Å². The Labute approximate surface area is 336 Å². The Morgan fingerprint density at radius 3 is 0.897 bits per heavy atom. The quantitative estimate of drug-likeness (QED) is 0.158. The van der Waals surface area contributed by atoms with Gasteiger partial charge in [-0.2, -0.15) is 0 Å². The molecule has 0 bridgehead atoms. The molecule has 0 unspecified atom stereocenters. The molecule has 0 nitrogen and oxygen atoms in total. The minimum absolute atomic E-state index is 1.23. The summed E-state index contributed by atoms with van der Waals surface area (Å²) in [5, 5.41) is 17.6. The first-order valence-corrected chi connectivity index (χ1v) is 20.2. The largest absolute Gasteiger partial charge is 0.0616 e. The van der Waals surface area contributed by atoms with E-state index >= 15 is 0 Å². The van der Waals surface area contributed by atoms with E-state index in [1.54, 1.807) is 0 Å². The van der Waals surface area contributed by atoms with Gasteiger partial charge in [-0.1, -0.05) is 200 Å². The zero-order valence-electron chi connectivity index (χ0n) is 31.8. The molecule has 12 rings (SSSR count). The third-order valence-corrected chi connectivity index (χ3v) is 12.4. The Morgan fingerprint density at radius 1 is 0.172 bits per heavy atom. The van der Waals surface area contributed by atoms with Gasteiger partial charge in [-0.3, -0.25) is 0 Å². The first-order valence-electron chi connectivity index (χ1n) is 20.2. The van der Waals surface area contributed by atoms with Crippen LogP contribution in [-0.2, 0) is 0 Å². The van der Waals surface area contributed by atoms with Gasteiger partial charge in [0, 0.05) is 0 Å². The van der Waals surface area contributed by atoms with Crippen LogP contribution in [-0.4, -0.2) is 0 Å². The number of fused-ring (bicyclic) bond motifs is 7. The third kappa shape index (κ3) is 5.02. The second-order valence-electron chi connectivity index (χ2n) is 15.5. The predicted octanol–water partition coefficient (Wildman–Crippen LogP) is 16.4. The highest BCUT2D eigenvalue weighted by Crippen LogP contribution is 2.48. The molecular formula is C58H36. The van der Waals surface area contributed by atoms with Gasteiger partial charge in [0.05, 0.1) is 0 Å². The molecule has 0 radical (unpaired) electrons. The van der Waals surface area contributed by atoms with E-state index in [4.69, 9.17) is 0 Å². The molecule has 0 aliphatic heterocycles. The Kier molecular flexibility index (Phi) is 7.33. The van der Waals surface area contributed by atoms with Crippen LogP contribution in [0.4, 0.5) is 0 Å². The van der Waals surface area contributed by atoms with Gasteiger partial charge in [-0.15, -0.1) is 0 Å². The molecule has 0 saturated heterocycles. The summed E-state index contributed by atoms with van der Waals surface area (Å²) in [5.41, 5.74) is 10.1. The maximum atomic E-state index is 2.41. The van der Waals surface area contributed by atoms with Crippen LogP contribution < -0.4 is 0 Å². The van der Waals surface area contributed by atoms with Crippen molar-refractivity contribution in [2.45, 2.75) is 0 Å². The lowest BCUT2D eigenvalue weighted by molar-refractivity contribution is 1.67. The van der Waals surface area contributed by atoms with Crippen molar-refractivity contribution < 1.29 is 0 Å². The molecular weight excluding hydrogens is 697 g/mol. The monoisotopic (exact) mass is 732 g/mol. The molecule has 0 aromatic heterocycles. The molecule has 0 N–H and O–H groups in total. The van der Waals surface area contributed by atoms with Crippen molar-refractivity contribution in [2.24, 2.45) is 0 Å². The Balaban J connectivity index is 1.08. The fraction of sp³-hybridized carbons (Fsp3) is 0. The zero-order valence-corrected chi connectivity index (χ0v) is 31.8. The van der Waals surface area contributed by atoms with Crippen LogP contribution in [0.2, 0.25) is 0 Å². The third-order valence-electron chi connectivity index (χ3n) is 12.4. The first kappa shape index (κ1) is 32.7. The SMILES string of the molecule is c1ccc2cc(-c3c4ccccc4c(-c4ccc5c(-c6c7ccccc7c(-c7ccc8ccccc8c7)c7ccccc67)cccc5c4)c4ccccc34)ccc2c1. The second-order valence-corrected chi connectivity index (χ2v) is 15.5. The van der Waals surface area contributed by atoms with Gasteiger partial charge < -0.3 is 0 Å². The van der Waals surface area contributed by atoms with Crippen molar-refractivity contribution in [3.8, 4) is 44.5 Å². The lowest BCUT2D eigenvalue weighted by atomic mass is 9.83. The van der Waals surface area contributed by atoms with Gasteiger partial charge in [0.25, 0.3) is 0 Å². The summed E-state index contributed by atoms with van der Waals surface area (Å²) in [6, 6.07) is 80.9. The molecule has 58 heavy (non-hydrogen) atoms. The van der Waals surface area contributed by atoms with E-state index in [9.17, 15) is 0 Å². The number of hydrogen-bond acceptors (Lipinski definition) is 0. The van der Waals surface area contributed by atoms with Crippen LogP contribution in [0.25, 0.3) is 120 Å². The van der Waals surface area contributed by atoms with Gasteiger partial charge >= 0.3 is 0 Å². The maximum absolute atomic E-state index is 2.41. The van der Waals surface area contributed by atoms with E-state index in [0.717, 1.165) is 0 Å². The summed E-state index contributed by atoms with van der Waals surface area (Å²) in [6.45, 7) is 0. The predicted molar refractivity (Wildman–Crippen MR) is 251 cm³/mol. The fourth-order valence-corrected chi connectivity index (χ4v) is 9.83. The minimum atomic E-state index is 1.23. The molecule has 0 spiro atoms. The highest BCUT2D eigenvalue weighted by atomic mass is 14.2. The lowest BCUT2D eigenvalue weighted by Crippen LogP contribution is -1.93. The Hall–Kier alpha value is -7.54. The van der Waals surface area contributed by atoms with Crippen LogP contribution >= 0.6 is 0 Å². The average molecular weight is 733 g/mol. The molecule has 12 aromatic rings. The van der Waals surface area contributed by atoms with Gasteiger partial charge in [0.15, 0.2) is 0 Å². The second kappa shape index (κ2) is 13.0. The summed E-state index contributed by atoms with van der Waals surface area (Å²) >= 11 is 0. The molecule has 0 amide bonds. The van der Waals surface area contributed by atoms with E-state index in [2.05, 4.69) is 218 Å². The first-order chi connectivity index (χ1) is 28.8. The molecule has 0 saturated carbocycles. The fourth-order valence-electron chi connectivity index (χ4n) is 9.83. The highest BCUT2D eigenvalue weighted by Gasteiger charge is 2.20. The van der Waals surface area contributed by atoms with Crippen molar-refractivity contribution in [3.05, 3.63) is 218 Å². The summed E-state index contributed by atoms with van der Waals surface area (Å²) in [4.78, 5) is 0. The van der Waals surface area contributed by atoms with Crippen molar-refractivity contribution >= 4 is 75.4 Å². The topological polar surface area (TPSA) is 0 Å². The van der Waals surface area contributed by atoms with E-state index in [-0.39, 0.29) is 0 Å². The highest BCUT2D eigenvalue weighted by molar-refractivity contribution is 6.25. The van der Waals surface area contributed by atoms with Gasteiger partial charge in [-0.05, 0) is 138 Å². The number of hydrogen-bond donors (Lipinski definition) is 0. The zero-order chi connectivity index (χ0) is 38.2. The van der Waals surface area contributed by atoms with Gasteiger partial charge in [0.1, 0.15) is 0 Å². The summed E-state index contributed by atoms with van der Waals surface area (Å²) in [5.74, 6) is 0. The standard InChI is InChI=1S/C58H36/c1-3-16-39-34-42(30-28-37(39)14-1)55-47-19-5-7-21-49(47)57(50-22-8-6-20-48(50)55)44-32-33-45-41(36-44)18-13-27-46(45)58-53-25-11-9-23-51(53)56(52-24-10-12-26-54(52)58)43-31-29-38-15-2-4-17-40(38)35-43/h1-36H. The van der Waals surface area contributed by atoms with Crippen LogP contribution in [0.5, 0.6) is 0 Å². The normalized spacial score (nSPS) is 11.8. The molecule has 0 aliphatic rings. The Bertz CT molecular complexity index is 3510. The van der Waals surface area contributed by atoms with E-state index in [0.29, 0.717) is 0 Å². The summed E-state index contributed by atoms with van der Waals surface area (Å²) < 4.78 is 0. The van der Waals surface area contributed by atoms with Crippen molar-refractivity contribution in [3.63, 3.8) is 0 Å². The molecule has 0 fully saturated rings. The van der Waals surface area contributed by atoms with Crippen LogP contribution in [0.1, 0.15) is 0 Å². The van der Waals surface area contributed by atoms with Crippen molar-refractivity contribution in [2.75, 3.05) is 0 Å². The summed E-state index contributed by atoms with van der Waals surface area (Å²) in [7, 11) is 0. The number of rotatable bonds is 4. The minimum Gasteiger partial charge on any atom is -0.0616 e. The average Bonchev–Trinajstić information content (AvgIpc) is 3.29. The van der Waals surface area contributed by atoms with Crippen molar-refractivity contribution in [1.82, 2.24) is 0 Å². The lowest BCUT2D eigenvalue weighted by Gasteiger charge is -2.20. The Morgan fingerprint density at radius 2 is 0.483 bits per heavy atom. The van der Waals surface area contributed by atoms with Crippen LogP contribution in [0, 0.1) is 0 Å². The van der Waals surface area contributed by atoms with Gasteiger partial charge in [0.2, 0.25) is 0 Å². The van der Waals surface area contributed by atoms with E-state index < -0.39 is 0 Å². The summed E-state index contributed by atoms with van der Waals surface area (Å²) in [6.07, 6.45) is 0. The van der Waals surface area contributed by atoms with E-state index in [1.807, 2.05) is 0 Å². The molecule has 12 aromatic carbocycles. The van der Waals surface area contributed by atoms with Crippen molar-refractivity contribution in [1.29, 1.82) is 0 Å². The number of benzene rings is 12. The molecule has 0 atom stereocenters. The maximum Gasteiger partial charge on any atom is -0.00201 e. The molecule has 0 heteroatoms. The smallest absolute Gasteiger partial charge is 0.00201 e. The van der Waals surface area contributed by atoms with Gasteiger partial charge in [-0.25, -0.2) is 0 Å². The molecule has 0 heterocycles. The van der Waals surface area contributed by atoms with E-state index in [1.165, 1.54) is 120 Å². The molecule has 268 valence electrons. The molecule has 0 aliphatic carbocycles. The van der Waals surface area contributed by atoms with Crippen LogP contribution in [0.3, 0.4) is 0 Å².